The minimum atomic E-state index is -0.471. The summed E-state index contributed by atoms with van der Waals surface area (Å²) >= 11 is 0. The molecule has 8 nitrogen and oxygen atoms in total. The van der Waals surface area contributed by atoms with E-state index in [1.54, 1.807) is 34.6 Å². The lowest BCUT2D eigenvalue weighted by Gasteiger charge is -2.32. The van der Waals surface area contributed by atoms with Gasteiger partial charge in [0.25, 0.3) is 0 Å². The van der Waals surface area contributed by atoms with Gasteiger partial charge in [0.2, 0.25) is 0 Å². The number of rotatable bonds is 16. The summed E-state index contributed by atoms with van der Waals surface area (Å²) in [6.45, 7) is 13.9. The van der Waals surface area contributed by atoms with E-state index in [4.69, 9.17) is 0 Å². The van der Waals surface area contributed by atoms with Crippen LogP contribution >= 0.6 is 0 Å². The Kier molecular flexibility index (Phi) is 14.5. The molecule has 0 aliphatic heterocycles. The lowest BCUT2D eigenvalue weighted by Crippen LogP contribution is -2.46. The van der Waals surface area contributed by atoms with Crippen LogP contribution in [0.2, 0.25) is 0 Å². The van der Waals surface area contributed by atoms with Crippen molar-refractivity contribution in [2.45, 2.75) is 65.1 Å². The van der Waals surface area contributed by atoms with Crippen LogP contribution in [0.4, 0.5) is 0 Å². The first-order valence-corrected chi connectivity index (χ1v) is 10.1. The van der Waals surface area contributed by atoms with Gasteiger partial charge in [0, 0.05) is 58.9 Å². The van der Waals surface area contributed by atoms with E-state index in [-0.39, 0.29) is 0 Å². The molecule has 0 unspecified atom stereocenters. The number of hydrogen-bond acceptors (Lipinski definition) is 8. The van der Waals surface area contributed by atoms with E-state index in [9.17, 15) is 25.5 Å². The van der Waals surface area contributed by atoms with Crippen LogP contribution in [-0.2, 0) is 0 Å². The minimum Gasteiger partial charge on any atom is -0.392 e. The summed E-state index contributed by atoms with van der Waals surface area (Å²) in [4.78, 5) is 6.18. The van der Waals surface area contributed by atoms with E-state index in [1.807, 2.05) is 9.80 Å². The molecule has 0 fully saturated rings. The second-order valence-corrected chi connectivity index (χ2v) is 8.06. The smallest absolute Gasteiger partial charge is 0.0639 e. The average molecular weight is 394 g/mol. The molecular formula is C19H43N3O5. The van der Waals surface area contributed by atoms with Gasteiger partial charge >= 0.3 is 0 Å². The van der Waals surface area contributed by atoms with Crippen molar-refractivity contribution in [3.63, 3.8) is 0 Å². The maximum absolute atomic E-state index is 9.81. The molecule has 0 saturated heterocycles. The Morgan fingerprint density at radius 3 is 0.815 bits per heavy atom. The molecule has 5 atom stereocenters. The fraction of sp³-hybridized carbons (Fsp3) is 1.00. The molecule has 0 radical (unpaired) electrons. The van der Waals surface area contributed by atoms with Gasteiger partial charge in [0.15, 0.2) is 0 Å². The van der Waals surface area contributed by atoms with E-state index >= 15 is 0 Å². The van der Waals surface area contributed by atoms with Crippen LogP contribution in [0.3, 0.4) is 0 Å². The summed E-state index contributed by atoms with van der Waals surface area (Å²) in [7, 11) is 0. The summed E-state index contributed by atoms with van der Waals surface area (Å²) in [5, 5.41) is 48.4. The molecule has 0 aliphatic rings. The largest absolute Gasteiger partial charge is 0.392 e. The lowest BCUT2D eigenvalue weighted by atomic mass is 10.2. The Balaban J connectivity index is 4.73. The Hall–Kier alpha value is -0.320. The van der Waals surface area contributed by atoms with Crippen LogP contribution in [0.15, 0.2) is 0 Å². The maximum atomic E-state index is 9.81. The first kappa shape index (κ1) is 26.7. The van der Waals surface area contributed by atoms with E-state index < -0.39 is 30.5 Å². The second-order valence-electron chi connectivity index (χ2n) is 8.06. The highest BCUT2D eigenvalue weighted by atomic mass is 16.3. The van der Waals surface area contributed by atoms with Crippen molar-refractivity contribution in [1.29, 1.82) is 0 Å². The van der Waals surface area contributed by atoms with E-state index in [0.717, 1.165) is 0 Å². The van der Waals surface area contributed by atoms with Crippen molar-refractivity contribution < 1.29 is 25.5 Å². The quantitative estimate of drug-likeness (QED) is 0.222. The molecule has 164 valence electrons. The standard InChI is InChI=1S/C19H43N3O5/c1-15(23)10-20(6-8-21(11-16(2)24)12-17(3)25)7-9-22(13-18(4)26)14-19(5)27/h15-19,23-27H,6-14H2,1-5H3/t15-,16-,17+,18-,19+/m0/s1. The number of aliphatic hydroxyl groups is 5. The van der Waals surface area contributed by atoms with Crippen molar-refractivity contribution in [2.75, 3.05) is 58.9 Å². The Morgan fingerprint density at radius 1 is 0.407 bits per heavy atom. The average Bonchev–Trinajstić information content (AvgIpc) is 2.46. The van der Waals surface area contributed by atoms with E-state index in [1.165, 1.54) is 0 Å². The van der Waals surface area contributed by atoms with Crippen LogP contribution in [0.5, 0.6) is 0 Å². The Bertz CT molecular complexity index is 306. The molecule has 0 spiro atoms. The van der Waals surface area contributed by atoms with Crippen molar-refractivity contribution in [1.82, 2.24) is 14.7 Å². The lowest BCUT2D eigenvalue weighted by molar-refractivity contribution is 0.0555. The summed E-state index contributed by atoms with van der Waals surface area (Å²) in [6, 6.07) is 0. The van der Waals surface area contributed by atoms with Gasteiger partial charge < -0.3 is 25.5 Å². The zero-order valence-corrected chi connectivity index (χ0v) is 17.8. The number of nitrogens with zero attached hydrogens (tertiary/aromatic N) is 3. The monoisotopic (exact) mass is 393 g/mol. The van der Waals surface area contributed by atoms with Gasteiger partial charge in [-0.3, -0.25) is 14.7 Å². The molecule has 8 heteroatoms. The predicted molar refractivity (Wildman–Crippen MR) is 108 cm³/mol. The molecule has 0 aromatic rings. The van der Waals surface area contributed by atoms with Crippen LogP contribution in [0.25, 0.3) is 0 Å². The van der Waals surface area contributed by atoms with Crippen molar-refractivity contribution >= 4 is 0 Å². The molecule has 5 N–H and O–H groups in total. The molecule has 0 bridgehead atoms. The first-order chi connectivity index (χ1) is 12.5. The fourth-order valence-corrected chi connectivity index (χ4v) is 3.24. The molecule has 0 rings (SSSR count). The Morgan fingerprint density at radius 2 is 0.593 bits per heavy atom. The van der Waals surface area contributed by atoms with Gasteiger partial charge in [-0.1, -0.05) is 0 Å². The van der Waals surface area contributed by atoms with Gasteiger partial charge in [-0.25, -0.2) is 0 Å². The highest BCUT2D eigenvalue weighted by molar-refractivity contribution is 4.72. The van der Waals surface area contributed by atoms with Gasteiger partial charge in [-0.2, -0.15) is 0 Å². The van der Waals surface area contributed by atoms with Gasteiger partial charge in [0.05, 0.1) is 30.5 Å². The predicted octanol–water partition coefficient (Wildman–Crippen LogP) is -1.20. The van der Waals surface area contributed by atoms with Gasteiger partial charge in [-0.15, -0.1) is 0 Å². The molecule has 0 aliphatic carbocycles. The molecule has 0 aromatic carbocycles. The second kappa shape index (κ2) is 14.6. The van der Waals surface area contributed by atoms with Crippen molar-refractivity contribution in [3.8, 4) is 0 Å². The van der Waals surface area contributed by atoms with Gasteiger partial charge in [-0.05, 0) is 34.6 Å². The molecule has 0 heterocycles. The van der Waals surface area contributed by atoms with E-state index in [0.29, 0.717) is 58.9 Å². The number of hydrogen-bond donors (Lipinski definition) is 5. The molecule has 0 aromatic heterocycles. The summed E-state index contributed by atoms with van der Waals surface area (Å²) < 4.78 is 0. The zero-order valence-electron chi connectivity index (χ0n) is 17.8. The SMILES string of the molecule is C[C@H](O)CN(CCN(C[C@H](C)O)C[C@@H](C)O)CCN(C[C@H](C)O)C[C@@H](C)O. The van der Waals surface area contributed by atoms with Crippen LogP contribution in [0, 0.1) is 0 Å². The van der Waals surface area contributed by atoms with Crippen molar-refractivity contribution in [3.05, 3.63) is 0 Å². The summed E-state index contributed by atoms with van der Waals surface area (Å²) in [5.74, 6) is 0. The van der Waals surface area contributed by atoms with E-state index in [2.05, 4.69) is 4.90 Å². The van der Waals surface area contributed by atoms with Crippen LogP contribution in [0.1, 0.15) is 34.6 Å². The summed E-state index contributed by atoms with van der Waals surface area (Å²) in [6.07, 6.45) is -2.35. The molecule has 27 heavy (non-hydrogen) atoms. The van der Waals surface area contributed by atoms with Crippen molar-refractivity contribution in [2.24, 2.45) is 0 Å². The summed E-state index contributed by atoms with van der Waals surface area (Å²) in [5.41, 5.74) is 0. The van der Waals surface area contributed by atoms with Crippen LogP contribution in [-0.4, -0.2) is 130 Å². The molecule has 0 saturated carbocycles. The number of aliphatic hydroxyl groups excluding tert-OH is 5. The Labute approximate surface area is 165 Å². The third-order valence-corrected chi connectivity index (χ3v) is 4.08. The topological polar surface area (TPSA) is 111 Å². The molecule has 0 amide bonds. The first-order valence-electron chi connectivity index (χ1n) is 10.1. The third-order valence-electron chi connectivity index (χ3n) is 4.08. The zero-order chi connectivity index (χ0) is 21.0. The minimum absolute atomic E-state index is 0.464. The fourth-order valence-electron chi connectivity index (χ4n) is 3.24. The van der Waals surface area contributed by atoms with Crippen LogP contribution < -0.4 is 0 Å². The van der Waals surface area contributed by atoms with Gasteiger partial charge in [0.1, 0.15) is 0 Å². The maximum Gasteiger partial charge on any atom is 0.0639 e. The third kappa shape index (κ3) is 16.3. The normalized spacial score (nSPS) is 18.1. The molecular weight excluding hydrogens is 350 g/mol. The highest BCUT2D eigenvalue weighted by Crippen LogP contribution is 2.02. The highest BCUT2D eigenvalue weighted by Gasteiger charge is 2.17.